The molecule has 0 amide bonds. The van der Waals surface area contributed by atoms with E-state index in [0.29, 0.717) is 24.8 Å². The summed E-state index contributed by atoms with van der Waals surface area (Å²) in [5.74, 6) is -1.01. The molecular weight excluding hydrogens is 532 g/mol. The molecule has 0 unspecified atom stereocenters. The first-order valence-electron chi connectivity index (χ1n) is 12.5. The van der Waals surface area contributed by atoms with Crippen LogP contribution in [-0.2, 0) is 25.5 Å². The van der Waals surface area contributed by atoms with Crippen molar-refractivity contribution in [3.63, 3.8) is 0 Å². The largest absolute Gasteiger partial charge is 0.462 e. The first kappa shape index (κ1) is 25.2. The molecule has 1 aliphatic heterocycles. The van der Waals surface area contributed by atoms with Crippen molar-refractivity contribution in [3.05, 3.63) is 107 Å². The number of carbonyl (C=O) groups excluding carboxylic acids is 3. The average Bonchev–Trinajstić information content (AvgIpc) is 3.42. The topological polar surface area (TPSA) is 69.7 Å². The Morgan fingerprint density at radius 3 is 2.49 bits per heavy atom. The van der Waals surface area contributed by atoms with Crippen molar-refractivity contribution >= 4 is 33.7 Å². The molecule has 1 saturated carbocycles. The van der Waals surface area contributed by atoms with Gasteiger partial charge in [-0.2, -0.15) is 0 Å². The lowest BCUT2D eigenvalue weighted by Gasteiger charge is -2.20. The Morgan fingerprint density at radius 1 is 0.973 bits per heavy atom. The van der Waals surface area contributed by atoms with Crippen molar-refractivity contribution in [1.82, 2.24) is 0 Å². The fourth-order valence-electron chi connectivity index (χ4n) is 5.19. The second kappa shape index (κ2) is 11.3. The van der Waals surface area contributed by atoms with Gasteiger partial charge < -0.3 is 9.47 Å². The summed E-state index contributed by atoms with van der Waals surface area (Å²) >= 11 is 3.45. The van der Waals surface area contributed by atoms with E-state index in [2.05, 4.69) is 15.9 Å². The van der Waals surface area contributed by atoms with E-state index < -0.39 is 12.1 Å². The third kappa shape index (κ3) is 6.08. The lowest BCUT2D eigenvalue weighted by molar-refractivity contribution is -0.141. The van der Waals surface area contributed by atoms with Gasteiger partial charge in [0.25, 0.3) is 0 Å². The Kier molecular flexibility index (Phi) is 7.65. The molecule has 0 bridgehead atoms. The second-order valence-corrected chi connectivity index (χ2v) is 10.5. The average molecular weight is 559 g/mol. The number of hydrogen-bond donors (Lipinski definition) is 0. The lowest BCUT2D eigenvalue weighted by atomic mass is 9.91. The predicted molar refractivity (Wildman–Crippen MR) is 144 cm³/mol. The minimum absolute atomic E-state index is 0.00440. The number of carbonyl (C=O) groups is 3. The number of esters is 2. The molecule has 1 aliphatic carbocycles. The molecule has 0 radical (unpaired) electrons. The van der Waals surface area contributed by atoms with Crippen LogP contribution in [0, 0.1) is 11.8 Å². The molecule has 3 aromatic rings. The van der Waals surface area contributed by atoms with E-state index >= 15 is 0 Å². The van der Waals surface area contributed by atoms with E-state index in [9.17, 15) is 14.4 Å². The number of benzene rings is 3. The van der Waals surface area contributed by atoms with Crippen LogP contribution in [-0.4, -0.2) is 29.9 Å². The van der Waals surface area contributed by atoms with Crippen molar-refractivity contribution in [2.75, 3.05) is 0 Å². The van der Waals surface area contributed by atoms with E-state index in [0.717, 1.165) is 21.2 Å². The molecule has 2 fully saturated rings. The molecule has 2 aliphatic rings. The van der Waals surface area contributed by atoms with Crippen LogP contribution in [0.4, 0.5) is 0 Å². The van der Waals surface area contributed by atoms with Gasteiger partial charge in [0.05, 0.1) is 12.0 Å². The Morgan fingerprint density at radius 2 is 1.73 bits per heavy atom. The zero-order valence-corrected chi connectivity index (χ0v) is 21.8. The number of allylic oxidation sites excluding steroid dienone is 1. The molecule has 1 saturated heterocycles. The van der Waals surface area contributed by atoms with Crippen LogP contribution in [0.1, 0.15) is 35.2 Å². The first-order valence-corrected chi connectivity index (χ1v) is 13.3. The van der Waals surface area contributed by atoms with Gasteiger partial charge in [0.15, 0.2) is 5.78 Å². The zero-order valence-electron chi connectivity index (χ0n) is 20.2. The monoisotopic (exact) mass is 558 g/mol. The molecular formula is C31H27BrO5. The van der Waals surface area contributed by atoms with E-state index in [4.69, 9.17) is 9.47 Å². The summed E-state index contributed by atoms with van der Waals surface area (Å²) in [6.07, 6.45) is 4.35. The van der Waals surface area contributed by atoms with E-state index in [-0.39, 0.29) is 36.1 Å². The number of ketones is 1. The molecule has 3 aromatic carbocycles. The zero-order chi connectivity index (χ0) is 25.8. The molecule has 37 heavy (non-hydrogen) atoms. The third-order valence-corrected chi connectivity index (χ3v) is 7.58. The highest BCUT2D eigenvalue weighted by atomic mass is 79.9. The third-order valence-electron chi connectivity index (χ3n) is 7.09. The van der Waals surface area contributed by atoms with Crippen LogP contribution in [0.2, 0.25) is 0 Å². The van der Waals surface area contributed by atoms with Crippen LogP contribution in [0.25, 0.3) is 11.1 Å². The van der Waals surface area contributed by atoms with Gasteiger partial charge >= 0.3 is 11.9 Å². The fraction of sp³-hybridized carbons (Fsp3) is 0.258. The molecule has 0 spiro atoms. The van der Waals surface area contributed by atoms with Crippen LogP contribution >= 0.6 is 15.9 Å². The molecule has 1 heterocycles. The van der Waals surface area contributed by atoms with Gasteiger partial charge in [0, 0.05) is 29.2 Å². The second-order valence-electron chi connectivity index (χ2n) is 9.55. The normalized spacial score (nSPS) is 22.6. The maximum Gasteiger partial charge on any atom is 0.338 e. The number of rotatable bonds is 8. The smallest absolute Gasteiger partial charge is 0.338 e. The van der Waals surface area contributed by atoms with Crippen molar-refractivity contribution in [3.8, 4) is 11.1 Å². The van der Waals surface area contributed by atoms with E-state index in [1.807, 2.05) is 72.8 Å². The summed E-state index contributed by atoms with van der Waals surface area (Å²) in [6.45, 7) is 0. The van der Waals surface area contributed by atoms with Crippen molar-refractivity contribution in [2.24, 2.45) is 11.8 Å². The highest BCUT2D eigenvalue weighted by molar-refractivity contribution is 9.10. The number of ether oxygens (including phenoxy) is 2. The summed E-state index contributed by atoms with van der Waals surface area (Å²) < 4.78 is 12.4. The Labute approximate surface area is 224 Å². The van der Waals surface area contributed by atoms with Gasteiger partial charge in [-0.3, -0.25) is 9.59 Å². The number of halogens is 1. The van der Waals surface area contributed by atoms with Gasteiger partial charge in [0.2, 0.25) is 0 Å². The number of aryl methyl sites for hydroxylation is 1. The summed E-state index contributed by atoms with van der Waals surface area (Å²) in [5.41, 5.74) is 3.63. The van der Waals surface area contributed by atoms with E-state index in [1.165, 1.54) is 0 Å². The van der Waals surface area contributed by atoms with Gasteiger partial charge in [-0.05, 0) is 53.5 Å². The fourth-order valence-corrected chi connectivity index (χ4v) is 5.63. The SMILES string of the molecule is O=C(/C=C/[C@@H]1[C@H]2CC(=O)O[C@H]2C[C@H]1OC(=O)c1ccc(-c2ccccc2)cc1)CCc1cccc(Br)c1. The highest BCUT2D eigenvalue weighted by Crippen LogP contribution is 2.43. The van der Waals surface area contributed by atoms with Crippen LogP contribution in [0.15, 0.2) is 95.5 Å². The Bertz CT molecular complexity index is 1310. The minimum atomic E-state index is -0.460. The molecule has 0 N–H and O–H groups in total. The predicted octanol–water partition coefficient (Wildman–Crippen LogP) is 6.35. The summed E-state index contributed by atoms with van der Waals surface area (Å²) in [5, 5.41) is 0. The van der Waals surface area contributed by atoms with Crippen molar-refractivity contribution in [2.45, 2.75) is 37.9 Å². The van der Waals surface area contributed by atoms with Gasteiger partial charge in [-0.25, -0.2) is 4.79 Å². The summed E-state index contributed by atoms with van der Waals surface area (Å²) in [4.78, 5) is 37.5. The first-order chi connectivity index (χ1) is 18.0. The quantitative estimate of drug-likeness (QED) is 0.238. The molecule has 5 nitrogen and oxygen atoms in total. The maximum atomic E-state index is 13.0. The molecule has 6 heteroatoms. The Balaban J connectivity index is 1.24. The van der Waals surface area contributed by atoms with E-state index in [1.54, 1.807) is 18.2 Å². The van der Waals surface area contributed by atoms with Gasteiger partial charge in [-0.1, -0.05) is 76.6 Å². The number of fused-ring (bicyclic) bond motifs is 1. The van der Waals surface area contributed by atoms with Crippen molar-refractivity contribution < 1.29 is 23.9 Å². The Hall–Kier alpha value is -3.51. The molecule has 5 rings (SSSR count). The summed E-state index contributed by atoms with van der Waals surface area (Å²) in [7, 11) is 0. The van der Waals surface area contributed by atoms with Gasteiger partial charge in [-0.15, -0.1) is 0 Å². The van der Waals surface area contributed by atoms with Crippen LogP contribution in [0.5, 0.6) is 0 Å². The number of hydrogen-bond acceptors (Lipinski definition) is 5. The highest BCUT2D eigenvalue weighted by Gasteiger charge is 2.50. The lowest BCUT2D eigenvalue weighted by Crippen LogP contribution is -2.25. The maximum absolute atomic E-state index is 13.0. The molecule has 4 atom stereocenters. The van der Waals surface area contributed by atoms with Crippen LogP contribution < -0.4 is 0 Å². The molecule has 188 valence electrons. The minimum Gasteiger partial charge on any atom is -0.462 e. The summed E-state index contributed by atoms with van der Waals surface area (Å²) in [6, 6.07) is 25.2. The molecule has 0 aromatic heterocycles. The van der Waals surface area contributed by atoms with Crippen molar-refractivity contribution in [1.29, 1.82) is 0 Å². The standard InChI is InChI=1S/C31H27BrO5/c32-24-8-4-5-20(17-24)9-14-25(33)15-16-26-27-18-30(34)36-29(27)19-28(26)37-31(35)23-12-10-22(11-13-23)21-6-2-1-3-7-21/h1-8,10-13,15-17,26-29H,9,14,18-19H2/b16-15+/t26-,27-,28-,29+/m1/s1. The van der Waals surface area contributed by atoms with Crippen LogP contribution in [0.3, 0.4) is 0 Å². The van der Waals surface area contributed by atoms with Gasteiger partial charge in [0.1, 0.15) is 12.2 Å².